The van der Waals surface area contributed by atoms with Gasteiger partial charge in [0.15, 0.2) is 0 Å². The fourth-order valence-electron chi connectivity index (χ4n) is 2.71. The Hall–Kier alpha value is -0.570. The first-order chi connectivity index (χ1) is 6.33. The lowest BCUT2D eigenvalue weighted by Gasteiger charge is -2.27. The molecule has 1 saturated carbocycles. The lowest BCUT2D eigenvalue weighted by molar-refractivity contribution is -0.143. The van der Waals surface area contributed by atoms with Crippen molar-refractivity contribution in [2.24, 2.45) is 16.7 Å². The quantitative estimate of drug-likeness (QED) is 0.728. The van der Waals surface area contributed by atoms with Crippen molar-refractivity contribution in [3.05, 3.63) is 0 Å². The molecule has 0 aromatic heterocycles. The van der Waals surface area contributed by atoms with Crippen LogP contribution in [0.15, 0.2) is 0 Å². The smallest absolute Gasteiger partial charge is 0.311 e. The molecular weight excluding hydrogens is 178 g/mol. The first kappa shape index (κ1) is 9.97. The maximum absolute atomic E-state index is 11.0. The average molecular weight is 197 g/mol. The zero-order valence-corrected chi connectivity index (χ0v) is 9.21. The Labute approximate surface area is 85.1 Å². The highest BCUT2D eigenvalue weighted by atomic mass is 16.4. The van der Waals surface area contributed by atoms with Crippen molar-refractivity contribution < 1.29 is 9.90 Å². The van der Waals surface area contributed by atoms with Crippen LogP contribution in [0.1, 0.15) is 27.2 Å². The van der Waals surface area contributed by atoms with Gasteiger partial charge >= 0.3 is 5.97 Å². The average Bonchev–Trinajstić information content (AvgIpc) is 2.52. The minimum Gasteiger partial charge on any atom is -0.481 e. The normalized spacial score (nSPS) is 36.9. The molecule has 3 nitrogen and oxygen atoms in total. The maximum Gasteiger partial charge on any atom is 0.311 e. The monoisotopic (exact) mass is 197 g/mol. The molecule has 1 aliphatic carbocycles. The van der Waals surface area contributed by atoms with Gasteiger partial charge in [0.25, 0.3) is 0 Å². The summed E-state index contributed by atoms with van der Waals surface area (Å²) in [6.45, 7) is 9.37. The number of carbonyl (C=O) groups is 1. The van der Waals surface area contributed by atoms with Crippen molar-refractivity contribution in [3.8, 4) is 0 Å². The lowest BCUT2D eigenvalue weighted by atomic mass is 9.96. The molecule has 2 rings (SSSR count). The molecule has 2 aliphatic rings. The van der Waals surface area contributed by atoms with Gasteiger partial charge in [0, 0.05) is 19.6 Å². The summed E-state index contributed by atoms with van der Waals surface area (Å²) >= 11 is 0. The second-order valence-corrected chi connectivity index (χ2v) is 6.09. The van der Waals surface area contributed by atoms with Crippen molar-refractivity contribution >= 4 is 5.97 Å². The summed E-state index contributed by atoms with van der Waals surface area (Å²) in [6, 6.07) is 0. The van der Waals surface area contributed by atoms with E-state index in [0.717, 1.165) is 26.1 Å². The van der Waals surface area contributed by atoms with Crippen molar-refractivity contribution in [3.63, 3.8) is 0 Å². The van der Waals surface area contributed by atoms with E-state index in [1.54, 1.807) is 0 Å². The predicted octanol–water partition coefficient (Wildman–Crippen LogP) is 1.44. The van der Waals surface area contributed by atoms with Crippen molar-refractivity contribution in [1.82, 2.24) is 4.90 Å². The van der Waals surface area contributed by atoms with Crippen LogP contribution >= 0.6 is 0 Å². The zero-order chi connectivity index (χ0) is 10.6. The number of likely N-dealkylation sites (tertiary alicyclic amines) is 1. The first-order valence-electron chi connectivity index (χ1n) is 5.29. The SMILES string of the molecule is CC(C)(C)CN1CC2CC2(C(=O)O)C1. The van der Waals surface area contributed by atoms with Crippen LogP contribution in [-0.2, 0) is 4.79 Å². The molecule has 2 unspecified atom stereocenters. The predicted molar refractivity (Wildman–Crippen MR) is 54.1 cm³/mol. The topological polar surface area (TPSA) is 40.5 Å². The number of nitrogens with zero attached hydrogens (tertiary/aromatic N) is 1. The highest BCUT2D eigenvalue weighted by Gasteiger charge is 2.65. The molecule has 1 heterocycles. The highest BCUT2D eigenvalue weighted by Crippen LogP contribution is 2.58. The van der Waals surface area contributed by atoms with Gasteiger partial charge in [-0.25, -0.2) is 0 Å². The molecule has 0 amide bonds. The van der Waals surface area contributed by atoms with E-state index < -0.39 is 5.97 Å². The van der Waals surface area contributed by atoms with Gasteiger partial charge in [0.2, 0.25) is 0 Å². The Morgan fingerprint density at radius 3 is 2.64 bits per heavy atom. The van der Waals surface area contributed by atoms with Crippen molar-refractivity contribution in [2.45, 2.75) is 27.2 Å². The minimum absolute atomic E-state index is 0.274. The molecule has 0 spiro atoms. The zero-order valence-electron chi connectivity index (χ0n) is 9.21. The van der Waals surface area contributed by atoms with Crippen LogP contribution in [0, 0.1) is 16.7 Å². The van der Waals surface area contributed by atoms with E-state index in [9.17, 15) is 4.79 Å². The van der Waals surface area contributed by atoms with Crippen LogP contribution in [-0.4, -0.2) is 35.6 Å². The van der Waals surface area contributed by atoms with Crippen LogP contribution in [0.25, 0.3) is 0 Å². The van der Waals surface area contributed by atoms with E-state index >= 15 is 0 Å². The maximum atomic E-state index is 11.0. The van der Waals surface area contributed by atoms with Gasteiger partial charge in [-0.05, 0) is 17.8 Å². The Balaban J connectivity index is 1.95. The van der Waals surface area contributed by atoms with Gasteiger partial charge < -0.3 is 10.0 Å². The number of aliphatic carboxylic acids is 1. The highest BCUT2D eigenvalue weighted by molar-refractivity contribution is 5.79. The Bertz CT molecular complexity index is 269. The van der Waals surface area contributed by atoms with Gasteiger partial charge in [-0.15, -0.1) is 0 Å². The lowest BCUT2D eigenvalue weighted by Crippen LogP contribution is -2.34. The van der Waals surface area contributed by atoms with Gasteiger partial charge in [0.1, 0.15) is 0 Å². The number of carboxylic acids is 1. The summed E-state index contributed by atoms with van der Waals surface area (Å²) in [5.74, 6) is -0.152. The van der Waals surface area contributed by atoms with Crippen molar-refractivity contribution in [2.75, 3.05) is 19.6 Å². The summed E-state index contributed by atoms with van der Waals surface area (Å²) < 4.78 is 0. The summed E-state index contributed by atoms with van der Waals surface area (Å²) in [6.07, 6.45) is 0.906. The summed E-state index contributed by atoms with van der Waals surface area (Å²) in [4.78, 5) is 13.4. The van der Waals surface area contributed by atoms with Crippen LogP contribution in [0.2, 0.25) is 0 Å². The number of piperidine rings is 1. The minimum atomic E-state index is -0.584. The summed E-state index contributed by atoms with van der Waals surface area (Å²) in [5, 5.41) is 9.10. The third-order valence-electron chi connectivity index (χ3n) is 3.34. The summed E-state index contributed by atoms with van der Waals surface area (Å²) in [7, 11) is 0. The van der Waals surface area contributed by atoms with E-state index in [1.165, 1.54) is 0 Å². The first-order valence-corrected chi connectivity index (χ1v) is 5.29. The number of hydrogen-bond donors (Lipinski definition) is 1. The van der Waals surface area contributed by atoms with Gasteiger partial charge in [0.05, 0.1) is 5.41 Å². The molecule has 0 aromatic rings. The van der Waals surface area contributed by atoms with E-state index in [4.69, 9.17) is 5.11 Å². The molecule has 2 atom stereocenters. The van der Waals surface area contributed by atoms with E-state index in [2.05, 4.69) is 25.7 Å². The molecule has 0 radical (unpaired) electrons. The number of carboxylic acid groups (broad SMARTS) is 1. The number of hydrogen-bond acceptors (Lipinski definition) is 2. The molecule has 0 aromatic carbocycles. The molecule has 14 heavy (non-hydrogen) atoms. The molecule has 2 fully saturated rings. The van der Waals surface area contributed by atoms with Crippen LogP contribution in [0.5, 0.6) is 0 Å². The van der Waals surface area contributed by atoms with Gasteiger partial charge in [-0.1, -0.05) is 20.8 Å². The van der Waals surface area contributed by atoms with Crippen LogP contribution < -0.4 is 0 Å². The molecular formula is C11H19NO2. The third kappa shape index (κ3) is 1.54. The van der Waals surface area contributed by atoms with Crippen LogP contribution in [0.4, 0.5) is 0 Å². The van der Waals surface area contributed by atoms with Gasteiger partial charge in [-0.3, -0.25) is 4.79 Å². The molecule has 1 N–H and O–H groups in total. The molecule has 0 bridgehead atoms. The third-order valence-corrected chi connectivity index (χ3v) is 3.34. The number of fused-ring (bicyclic) bond motifs is 1. The fraction of sp³-hybridized carbons (Fsp3) is 0.909. The summed E-state index contributed by atoms with van der Waals surface area (Å²) in [5.41, 5.74) is -0.0816. The van der Waals surface area contributed by atoms with Gasteiger partial charge in [-0.2, -0.15) is 0 Å². The fourth-order valence-corrected chi connectivity index (χ4v) is 2.71. The van der Waals surface area contributed by atoms with E-state index in [-0.39, 0.29) is 10.8 Å². The Morgan fingerprint density at radius 1 is 1.57 bits per heavy atom. The second-order valence-electron chi connectivity index (χ2n) is 6.09. The molecule has 80 valence electrons. The second kappa shape index (κ2) is 2.72. The van der Waals surface area contributed by atoms with E-state index in [0.29, 0.717) is 5.92 Å². The standard InChI is InChI=1S/C11H19NO2/c1-10(2,3)6-12-5-8-4-11(8,7-12)9(13)14/h8H,4-7H2,1-3H3,(H,13,14). The Morgan fingerprint density at radius 2 is 2.21 bits per heavy atom. The van der Waals surface area contributed by atoms with E-state index in [1.807, 2.05) is 0 Å². The molecule has 1 saturated heterocycles. The van der Waals surface area contributed by atoms with Crippen LogP contribution in [0.3, 0.4) is 0 Å². The number of rotatable bonds is 2. The van der Waals surface area contributed by atoms with Crippen molar-refractivity contribution in [1.29, 1.82) is 0 Å². The molecule has 1 aliphatic heterocycles. The largest absolute Gasteiger partial charge is 0.481 e. The molecule has 3 heteroatoms. The Kier molecular flexibility index (Phi) is 1.94.